The molecule has 18 heavy (non-hydrogen) atoms. The van der Waals surface area contributed by atoms with Crippen LogP contribution in [-0.2, 0) is 21.3 Å². The molecule has 0 saturated heterocycles. The third-order valence-corrected chi connectivity index (χ3v) is 3.30. The Bertz CT molecular complexity index is 477. The van der Waals surface area contributed by atoms with Gasteiger partial charge in [0.05, 0.1) is 12.2 Å². The number of rotatable bonds is 5. The van der Waals surface area contributed by atoms with Crippen LogP contribution in [0.25, 0.3) is 0 Å². The number of hydrogen-bond donors (Lipinski definition) is 1. The summed E-state index contributed by atoms with van der Waals surface area (Å²) < 4.78 is 16.2. The molecule has 1 rings (SSSR count). The van der Waals surface area contributed by atoms with Gasteiger partial charge in [-0.15, -0.1) is 0 Å². The molecule has 1 unspecified atom stereocenters. The summed E-state index contributed by atoms with van der Waals surface area (Å²) in [6, 6.07) is 3.04. The van der Waals surface area contributed by atoms with Crippen molar-refractivity contribution in [2.24, 2.45) is 0 Å². The Hall–Kier alpha value is -1.07. The van der Waals surface area contributed by atoms with Gasteiger partial charge in [0.1, 0.15) is 0 Å². The third kappa shape index (κ3) is 3.99. The number of anilines is 1. The van der Waals surface area contributed by atoms with Crippen LogP contribution in [0.1, 0.15) is 29.3 Å². The maximum absolute atomic E-state index is 11.7. The average molecular weight is 290 g/mol. The van der Waals surface area contributed by atoms with Gasteiger partial charge in [0.25, 0.3) is 0 Å². The van der Waals surface area contributed by atoms with Crippen molar-refractivity contribution in [2.45, 2.75) is 19.1 Å². The minimum atomic E-state index is -1.01. The van der Waals surface area contributed by atoms with Gasteiger partial charge in [-0.25, -0.2) is 4.79 Å². The molecule has 0 radical (unpaired) electrons. The van der Waals surface area contributed by atoms with E-state index < -0.39 is 16.8 Å². The van der Waals surface area contributed by atoms with Crippen LogP contribution in [0.2, 0.25) is 5.02 Å². The SMILES string of the molecule is CCCOC(=O)c1cc(Cl)c(CS(C)=O)cc1N. The van der Waals surface area contributed by atoms with Crippen LogP contribution in [0, 0.1) is 0 Å². The molecule has 0 heterocycles. The Morgan fingerprint density at radius 3 is 2.72 bits per heavy atom. The zero-order chi connectivity index (χ0) is 13.7. The van der Waals surface area contributed by atoms with Crippen molar-refractivity contribution in [1.82, 2.24) is 0 Å². The topological polar surface area (TPSA) is 69.4 Å². The van der Waals surface area contributed by atoms with Crippen molar-refractivity contribution in [3.63, 3.8) is 0 Å². The summed E-state index contributed by atoms with van der Waals surface area (Å²) >= 11 is 6.03. The zero-order valence-corrected chi connectivity index (χ0v) is 11.9. The van der Waals surface area contributed by atoms with Crippen LogP contribution in [-0.4, -0.2) is 23.0 Å². The van der Waals surface area contributed by atoms with E-state index in [9.17, 15) is 9.00 Å². The summed E-state index contributed by atoms with van der Waals surface area (Å²) in [4.78, 5) is 11.7. The lowest BCUT2D eigenvalue weighted by atomic mass is 10.1. The smallest absolute Gasteiger partial charge is 0.340 e. The Balaban J connectivity index is 2.99. The van der Waals surface area contributed by atoms with E-state index in [1.807, 2.05) is 6.92 Å². The number of benzene rings is 1. The molecule has 0 bridgehead atoms. The summed E-state index contributed by atoms with van der Waals surface area (Å²) in [7, 11) is -1.01. The molecule has 2 N–H and O–H groups in total. The first kappa shape index (κ1) is 15.0. The minimum absolute atomic E-state index is 0.249. The number of ether oxygens (including phenoxy) is 1. The van der Waals surface area contributed by atoms with Gasteiger partial charge in [-0.1, -0.05) is 18.5 Å². The molecule has 1 aromatic rings. The molecule has 4 nitrogen and oxygen atoms in total. The van der Waals surface area contributed by atoms with Crippen LogP contribution >= 0.6 is 11.6 Å². The molecule has 0 saturated carbocycles. The molecule has 0 fully saturated rings. The molecule has 0 aliphatic heterocycles. The van der Waals surface area contributed by atoms with Crippen LogP contribution in [0.3, 0.4) is 0 Å². The molecule has 6 heteroatoms. The molecular weight excluding hydrogens is 274 g/mol. The number of carbonyl (C=O) groups is 1. The van der Waals surface area contributed by atoms with Gasteiger partial charge in [-0.2, -0.15) is 0 Å². The van der Waals surface area contributed by atoms with Gasteiger partial charge in [0.15, 0.2) is 0 Å². The van der Waals surface area contributed by atoms with E-state index in [2.05, 4.69) is 0 Å². The van der Waals surface area contributed by atoms with Crippen molar-refractivity contribution >= 4 is 34.1 Å². The Morgan fingerprint density at radius 2 is 2.17 bits per heavy atom. The average Bonchev–Trinajstić information content (AvgIpc) is 2.29. The highest BCUT2D eigenvalue weighted by Gasteiger charge is 2.15. The van der Waals surface area contributed by atoms with E-state index in [4.69, 9.17) is 22.1 Å². The summed E-state index contributed by atoms with van der Waals surface area (Å²) in [5.74, 6) is -0.173. The first-order chi connectivity index (χ1) is 8.45. The second kappa shape index (κ2) is 6.75. The third-order valence-electron chi connectivity index (χ3n) is 2.23. The maximum Gasteiger partial charge on any atom is 0.340 e. The molecule has 1 aromatic carbocycles. The van der Waals surface area contributed by atoms with Gasteiger partial charge in [-0.3, -0.25) is 4.21 Å². The van der Waals surface area contributed by atoms with Gasteiger partial charge in [-0.05, 0) is 24.1 Å². The molecule has 0 amide bonds. The van der Waals surface area contributed by atoms with Crippen molar-refractivity contribution < 1.29 is 13.7 Å². The summed E-state index contributed by atoms with van der Waals surface area (Å²) in [6.07, 6.45) is 2.32. The van der Waals surface area contributed by atoms with Crippen molar-refractivity contribution in [1.29, 1.82) is 0 Å². The number of nitrogens with two attached hydrogens (primary N) is 1. The minimum Gasteiger partial charge on any atom is -0.462 e. The van der Waals surface area contributed by atoms with Crippen molar-refractivity contribution in [2.75, 3.05) is 18.6 Å². The zero-order valence-electron chi connectivity index (χ0n) is 10.4. The maximum atomic E-state index is 11.7. The second-order valence-electron chi connectivity index (χ2n) is 3.88. The predicted molar refractivity (Wildman–Crippen MR) is 74.2 cm³/mol. The summed E-state index contributed by atoms with van der Waals surface area (Å²) in [5, 5.41) is 0.378. The monoisotopic (exact) mass is 289 g/mol. The number of halogens is 1. The fourth-order valence-electron chi connectivity index (χ4n) is 1.42. The van der Waals surface area contributed by atoms with Crippen molar-refractivity contribution in [3.8, 4) is 0 Å². The number of nitrogen functional groups attached to an aromatic ring is 1. The second-order valence-corrected chi connectivity index (χ2v) is 5.73. The number of hydrogen-bond acceptors (Lipinski definition) is 4. The quantitative estimate of drug-likeness (QED) is 0.667. The summed E-state index contributed by atoms with van der Waals surface area (Å²) in [5.41, 5.74) is 6.99. The van der Waals surface area contributed by atoms with Crippen LogP contribution in [0.15, 0.2) is 12.1 Å². The van der Waals surface area contributed by atoms with E-state index in [-0.39, 0.29) is 5.56 Å². The Kier molecular flexibility index (Phi) is 5.62. The van der Waals surface area contributed by atoms with Gasteiger partial charge in [0.2, 0.25) is 0 Å². The number of esters is 1. The first-order valence-corrected chi connectivity index (χ1v) is 7.61. The standard InChI is InChI=1S/C12H16ClNO3S/c1-3-4-17-12(15)9-6-10(13)8(5-11(9)14)7-18(2)16/h5-6H,3-4,7,14H2,1-2H3. The Labute approximate surface area is 114 Å². The molecule has 0 aliphatic rings. The predicted octanol–water partition coefficient (Wildman–Crippen LogP) is 2.37. The van der Waals surface area contributed by atoms with E-state index in [1.54, 1.807) is 12.3 Å². The molecular formula is C12H16ClNO3S. The lowest BCUT2D eigenvalue weighted by molar-refractivity contribution is 0.0506. The first-order valence-electron chi connectivity index (χ1n) is 5.50. The van der Waals surface area contributed by atoms with E-state index in [0.717, 1.165) is 6.42 Å². The summed E-state index contributed by atoms with van der Waals surface area (Å²) in [6.45, 7) is 2.25. The fraction of sp³-hybridized carbons (Fsp3) is 0.417. The molecule has 1 atom stereocenters. The highest BCUT2D eigenvalue weighted by Crippen LogP contribution is 2.25. The highest BCUT2D eigenvalue weighted by atomic mass is 35.5. The highest BCUT2D eigenvalue weighted by molar-refractivity contribution is 7.83. The van der Waals surface area contributed by atoms with E-state index in [1.165, 1.54) is 6.07 Å². The lowest BCUT2D eigenvalue weighted by Gasteiger charge is -2.09. The van der Waals surface area contributed by atoms with Crippen LogP contribution in [0.4, 0.5) is 5.69 Å². The van der Waals surface area contributed by atoms with E-state index >= 15 is 0 Å². The number of carbonyl (C=O) groups excluding carboxylic acids is 1. The fourth-order valence-corrected chi connectivity index (χ4v) is 2.40. The normalized spacial score (nSPS) is 12.2. The molecule has 0 spiro atoms. The van der Waals surface area contributed by atoms with E-state index in [0.29, 0.717) is 28.6 Å². The van der Waals surface area contributed by atoms with Gasteiger partial charge in [0, 0.05) is 33.5 Å². The largest absolute Gasteiger partial charge is 0.462 e. The lowest BCUT2D eigenvalue weighted by Crippen LogP contribution is -2.10. The van der Waals surface area contributed by atoms with Crippen molar-refractivity contribution in [3.05, 3.63) is 28.3 Å². The van der Waals surface area contributed by atoms with Gasteiger partial charge < -0.3 is 10.5 Å². The Morgan fingerprint density at radius 1 is 1.50 bits per heavy atom. The van der Waals surface area contributed by atoms with Crippen LogP contribution < -0.4 is 5.73 Å². The molecule has 0 aromatic heterocycles. The molecule has 100 valence electrons. The molecule has 0 aliphatic carbocycles. The van der Waals surface area contributed by atoms with Gasteiger partial charge >= 0.3 is 5.97 Å². The van der Waals surface area contributed by atoms with Crippen LogP contribution in [0.5, 0.6) is 0 Å².